The van der Waals surface area contributed by atoms with Crippen LogP contribution in [-0.4, -0.2) is 29.7 Å². The molecule has 0 aliphatic carbocycles. The molecule has 3 N–H and O–H groups in total. The average Bonchev–Trinajstić information content (AvgIpc) is 2.28. The van der Waals surface area contributed by atoms with Crippen LogP contribution < -0.4 is 16.0 Å². The van der Waals surface area contributed by atoms with Crippen molar-refractivity contribution >= 4 is 11.5 Å². The molecule has 0 aromatic carbocycles. The van der Waals surface area contributed by atoms with E-state index in [0.717, 1.165) is 0 Å². The van der Waals surface area contributed by atoms with Crippen LogP contribution in [0.1, 0.15) is 6.92 Å². The highest BCUT2D eigenvalue weighted by atomic mass is 16.6. The lowest BCUT2D eigenvalue weighted by atomic mass is 10.4. The highest BCUT2D eigenvalue weighted by Crippen LogP contribution is 2.22. The third-order valence-corrected chi connectivity index (χ3v) is 1.87. The minimum absolute atomic E-state index is 0.122. The smallest absolute Gasteiger partial charge is 0.278 e. The second kappa shape index (κ2) is 5.97. The first-order valence-corrected chi connectivity index (χ1v) is 4.85. The van der Waals surface area contributed by atoms with E-state index in [0.29, 0.717) is 6.61 Å². The van der Waals surface area contributed by atoms with E-state index in [-0.39, 0.29) is 23.5 Å². The predicted molar refractivity (Wildman–Crippen MR) is 60.7 cm³/mol. The van der Waals surface area contributed by atoms with Crippen molar-refractivity contribution in [3.05, 3.63) is 22.2 Å². The minimum Gasteiger partial charge on any atom is -0.472 e. The molecule has 0 amide bonds. The average molecular weight is 242 g/mol. The van der Waals surface area contributed by atoms with E-state index in [9.17, 15) is 10.1 Å². The van der Waals surface area contributed by atoms with Crippen LogP contribution in [-0.2, 0) is 4.74 Å². The number of rotatable bonds is 6. The number of pyridine rings is 1. The monoisotopic (exact) mass is 242 g/mol. The maximum absolute atomic E-state index is 10.7. The summed E-state index contributed by atoms with van der Waals surface area (Å²) in [6, 6.07) is 2.45. The van der Waals surface area contributed by atoms with Gasteiger partial charge < -0.3 is 14.9 Å². The Morgan fingerprint density at radius 1 is 1.65 bits per heavy atom. The predicted octanol–water partition coefficient (Wildman–Crippen LogP) is 0.689. The molecule has 1 aromatic heterocycles. The van der Waals surface area contributed by atoms with Gasteiger partial charge in [0.1, 0.15) is 6.10 Å². The van der Waals surface area contributed by atoms with Crippen molar-refractivity contribution in [1.82, 2.24) is 4.98 Å². The maximum Gasteiger partial charge on any atom is 0.278 e. The number of hydrogen-bond acceptors (Lipinski definition) is 7. The summed E-state index contributed by atoms with van der Waals surface area (Å²) in [7, 11) is 1.54. The number of aromatic nitrogens is 1. The number of anilines is 1. The quantitative estimate of drug-likeness (QED) is 0.428. The van der Waals surface area contributed by atoms with Crippen molar-refractivity contribution in [2.24, 2.45) is 5.84 Å². The Morgan fingerprint density at radius 3 is 2.88 bits per heavy atom. The van der Waals surface area contributed by atoms with Gasteiger partial charge in [0.2, 0.25) is 5.88 Å². The molecule has 1 aromatic rings. The number of hydrogen-bond donors (Lipinski definition) is 2. The van der Waals surface area contributed by atoms with Crippen LogP contribution in [0.5, 0.6) is 5.88 Å². The molecule has 8 heteroatoms. The molecule has 0 spiro atoms. The molecular weight excluding hydrogens is 228 g/mol. The summed E-state index contributed by atoms with van der Waals surface area (Å²) >= 11 is 0. The van der Waals surface area contributed by atoms with Crippen molar-refractivity contribution in [2.75, 3.05) is 19.1 Å². The summed E-state index contributed by atoms with van der Waals surface area (Å²) < 4.78 is 10.2. The molecule has 0 aliphatic heterocycles. The van der Waals surface area contributed by atoms with Gasteiger partial charge in [-0.15, -0.1) is 0 Å². The van der Waals surface area contributed by atoms with Crippen LogP contribution in [0.4, 0.5) is 11.5 Å². The summed E-state index contributed by atoms with van der Waals surface area (Å²) in [5.74, 6) is 5.45. The summed E-state index contributed by atoms with van der Waals surface area (Å²) in [6.45, 7) is 2.12. The third kappa shape index (κ3) is 3.85. The number of ether oxygens (including phenoxy) is 2. The van der Waals surface area contributed by atoms with E-state index in [1.807, 2.05) is 0 Å². The molecule has 0 aliphatic rings. The minimum atomic E-state index is -0.545. The number of hydrazine groups is 1. The van der Waals surface area contributed by atoms with E-state index in [1.54, 1.807) is 6.92 Å². The van der Waals surface area contributed by atoms with Crippen LogP contribution in [0.15, 0.2) is 12.1 Å². The topological polar surface area (TPSA) is 113 Å². The van der Waals surface area contributed by atoms with Gasteiger partial charge in [0.05, 0.1) is 23.7 Å². The Morgan fingerprint density at radius 2 is 2.35 bits per heavy atom. The number of nitrogens with one attached hydrogen (secondary N) is 1. The van der Waals surface area contributed by atoms with Crippen LogP contribution in [0.3, 0.4) is 0 Å². The summed E-state index contributed by atoms with van der Waals surface area (Å²) in [4.78, 5) is 14.1. The molecule has 1 heterocycles. The number of nitro groups is 1. The Kier molecular flexibility index (Phi) is 4.61. The van der Waals surface area contributed by atoms with Crippen molar-refractivity contribution < 1.29 is 14.4 Å². The Balaban J connectivity index is 2.90. The van der Waals surface area contributed by atoms with E-state index in [2.05, 4.69) is 10.4 Å². The Labute approximate surface area is 97.9 Å². The lowest BCUT2D eigenvalue weighted by Crippen LogP contribution is -2.19. The largest absolute Gasteiger partial charge is 0.472 e. The van der Waals surface area contributed by atoms with Crippen molar-refractivity contribution in [3.8, 4) is 5.88 Å². The van der Waals surface area contributed by atoms with Crippen molar-refractivity contribution in [1.29, 1.82) is 0 Å². The fourth-order valence-corrected chi connectivity index (χ4v) is 1.21. The number of nitrogen functional groups attached to an aromatic ring is 1. The zero-order valence-corrected chi connectivity index (χ0v) is 9.54. The van der Waals surface area contributed by atoms with E-state index >= 15 is 0 Å². The lowest BCUT2D eigenvalue weighted by Gasteiger charge is -2.13. The molecule has 0 bridgehead atoms. The van der Waals surface area contributed by atoms with Gasteiger partial charge in [0.15, 0.2) is 5.82 Å². The van der Waals surface area contributed by atoms with Gasteiger partial charge in [-0.3, -0.25) is 10.1 Å². The van der Waals surface area contributed by atoms with Gasteiger partial charge in [-0.05, 0) is 6.92 Å². The summed E-state index contributed by atoms with van der Waals surface area (Å²) in [6.07, 6.45) is -0.264. The van der Waals surface area contributed by atoms with E-state index < -0.39 is 4.92 Å². The maximum atomic E-state index is 10.7. The molecule has 1 atom stereocenters. The molecule has 1 rings (SSSR count). The first kappa shape index (κ1) is 13.1. The van der Waals surface area contributed by atoms with Crippen molar-refractivity contribution in [3.63, 3.8) is 0 Å². The highest BCUT2D eigenvalue weighted by molar-refractivity contribution is 5.47. The van der Waals surface area contributed by atoms with Gasteiger partial charge >= 0.3 is 0 Å². The third-order valence-electron chi connectivity index (χ3n) is 1.87. The normalized spacial score (nSPS) is 11.9. The number of nitrogens with zero attached hydrogens (tertiary/aromatic N) is 2. The van der Waals surface area contributed by atoms with E-state index in [1.165, 1.54) is 19.2 Å². The molecule has 0 radical (unpaired) electrons. The van der Waals surface area contributed by atoms with Crippen molar-refractivity contribution in [2.45, 2.75) is 13.0 Å². The van der Waals surface area contributed by atoms with Gasteiger partial charge in [-0.25, -0.2) is 5.84 Å². The molecular formula is C9H14N4O4. The fourth-order valence-electron chi connectivity index (χ4n) is 1.21. The van der Waals surface area contributed by atoms with Gasteiger partial charge in [-0.2, -0.15) is 4.98 Å². The fraction of sp³-hybridized carbons (Fsp3) is 0.444. The number of methoxy groups -OCH3 is 1. The van der Waals surface area contributed by atoms with Crippen LogP contribution in [0.2, 0.25) is 0 Å². The Bertz CT molecular complexity index is 399. The van der Waals surface area contributed by atoms with Gasteiger partial charge in [0.25, 0.3) is 5.69 Å². The first-order chi connectivity index (χ1) is 8.06. The van der Waals surface area contributed by atoms with E-state index in [4.69, 9.17) is 15.3 Å². The van der Waals surface area contributed by atoms with Crippen LogP contribution >= 0.6 is 0 Å². The highest BCUT2D eigenvalue weighted by Gasteiger charge is 2.13. The standard InChI is InChI=1S/C9H14N4O4/c1-6(5-16-2)17-9-4-7(13(14)15)3-8(11-9)12-10/h3-4,6H,5,10H2,1-2H3,(H,11,12). The second-order valence-corrected chi connectivity index (χ2v) is 3.33. The molecule has 17 heavy (non-hydrogen) atoms. The molecule has 94 valence electrons. The Hall–Kier alpha value is -1.93. The second-order valence-electron chi connectivity index (χ2n) is 3.33. The van der Waals surface area contributed by atoms with Crippen LogP contribution in [0.25, 0.3) is 0 Å². The molecule has 1 unspecified atom stereocenters. The molecule has 8 nitrogen and oxygen atoms in total. The van der Waals surface area contributed by atoms with Crippen LogP contribution in [0, 0.1) is 10.1 Å². The summed E-state index contributed by atoms with van der Waals surface area (Å²) in [5.41, 5.74) is 2.10. The van der Waals surface area contributed by atoms with Gasteiger partial charge in [-0.1, -0.05) is 0 Å². The SMILES string of the molecule is COCC(C)Oc1cc([N+](=O)[O-])cc(NN)n1. The summed E-state index contributed by atoms with van der Waals surface area (Å²) in [5, 5.41) is 10.7. The molecule has 0 saturated carbocycles. The zero-order chi connectivity index (χ0) is 12.8. The lowest BCUT2D eigenvalue weighted by molar-refractivity contribution is -0.384. The molecule has 0 saturated heterocycles. The first-order valence-electron chi connectivity index (χ1n) is 4.85. The number of nitrogens with two attached hydrogens (primary N) is 1. The molecule has 0 fully saturated rings. The van der Waals surface area contributed by atoms with Gasteiger partial charge in [0, 0.05) is 7.11 Å². The zero-order valence-electron chi connectivity index (χ0n) is 9.54.